The summed E-state index contributed by atoms with van der Waals surface area (Å²) >= 11 is 8.39. The van der Waals surface area contributed by atoms with Gasteiger partial charge in [0.05, 0.1) is 6.10 Å². The summed E-state index contributed by atoms with van der Waals surface area (Å²) in [7, 11) is 0. The Morgan fingerprint density at radius 1 is 1.33 bits per heavy atom. The van der Waals surface area contributed by atoms with E-state index in [1.54, 1.807) is 12.1 Å². The first-order chi connectivity index (χ1) is 10.1. The minimum absolute atomic E-state index is 0.196. The first-order valence-corrected chi connectivity index (χ1v) is 7.81. The summed E-state index contributed by atoms with van der Waals surface area (Å²) in [6.07, 6.45) is 2.31. The van der Waals surface area contributed by atoms with E-state index in [0.717, 1.165) is 23.9 Å². The minimum atomic E-state index is -0.390. The van der Waals surface area contributed by atoms with Crippen molar-refractivity contribution >= 4 is 45.0 Å². The van der Waals surface area contributed by atoms with Crippen molar-refractivity contribution in [2.75, 3.05) is 18.5 Å². The molecule has 114 valence electrons. The lowest BCUT2D eigenvalue weighted by molar-refractivity contribution is 0.114. The van der Waals surface area contributed by atoms with Gasteiger partial charge in [-0.25, -0.2) is 10.2 Å². The number of urea groups is 1. The fraction of sp³-hybridized carbons (Fsp3) is 0.385. The van der Waals surface area contributed by atoms with Gasteiger partial charge >= 0.3 is 6.03 Å². The van der Waals surface area contributed by atoms with Crippen molar-refractivity contribution in [3.8, 4) is 0 Å². The molecule has 1 aliphatic rings. The SMILES string of the molecule is O=C(NNC(=S)NC[C@@H]1CCCO1)Nc1ccc(Br)cc1. The monoisotopic (exact) mass is 372 g/mol. The fourth-order valence-corrected chi connectivity index (χ4v) is 2.26. The molecular formula is C13H17BrN4O2S. The number of benzene rings is 1. The van der Waals surface area contributed by atoms with E-state index >= 15 is 0 Å². The van der Waals surface area contributed by atoms with Gasteiger partial charge < -0.3 is 15.4 Å². The molecule has 6 nitrogen and oxygen atoms in total. The molecule has 0 bridgehead atoms. The van der Waals surface area contributed by atoms with Gasteiger partial charge in [-0.15, -0.1) is 0 Å². The molecule has 2 amide bonds. The van der Waals surface area contributed by atoms with Gasteiger partial charge in [-0.3, -0.25) is 5.43 Å². The Balaban J connectivity index is 1.63. The predicted octanol–water partition coefficient (Wildman–Crippen LogP) is 2.13. The highest BCUT2D eigenvalue weighted by Crippen LogP contribution is 2.13. The van der Waals surface area contributed by atoms with Crippen LogP contribution in [-0.4, -0.2) is 30.4 Å². The molecule has 0 radical (unpaired) electrons. The summed E-state index contributed by atoms with van der Waals surface area (Å²) in [5, 5.41) is 6.03. The summed E-state index contributed by atoms with van der Waals surface area (Å²) < 4.78 is 6.41. The molecule has 0 unspecified atom stereocenters. The Morgan fingerprint density at radius 3 is 2.76 bits per heavy atom. The third kappa shape index (κ3) is 5.86. The molecule has 0 aliphatic carbocycles. The molecule has 4 N–H and O–H groups in total. The van der Waals surface area contributed by atoms with Gasteiger partial charge in [-0.2, -0.15) is 0 Å². The average molecular weight is 373 g/mol. The Labute approximate surface area is 137 Å². The van der Waals surface area contributed by atoms with Crippen LogP contribution in [0.5, 0.6) is 0 Å². The number of hydrogen-bond donors (Lipinski definition) is 4. The number of thiocarbonyl (C=S) groups is 1. The van der Waals surface area contributed by atoms with Crippen LogP contribution in [0.1, 0.15) is 12.8 Å². The molecule has 1 heterocycles. The van der Waals surface area contributed by atoms with Crippen LogP contribution >= 0.6 is 28.1 Å². The van der Waals surface area contributed by atoms with Crippen LogP contribution in [0.2, 0.25) is 0 Å². The quantitative estimate of drug-likeness (QED) is 0.483. The normalized spacial score (nSPS) is 17.1. The molecule has 1 aromatic carbocycles. The van der Waals surface area contributed by atoms with Crippen molar-refractivity contribution in [3.63, 3.8) is 0 Å². The summed E-state index contributed by atoms with van der Waals surface area (Å²) in [5.41, 5.74) is 5.79. The highest BCUT2D eigenvalue weighted by molar-refractivity contribution is 9.10. The van der Waals surface area contributed by atoms with Crippen LogP contribution in [0.4, 0.5) is 10.5 Å². The van der Waals surface area contributed by atoms with Crippen molar-refractivity contribution in [2.24, 2.45) is 0 Å². The van der Waals surface area contributed by atoms with Gasteiger partial charge in [0, 0.05) is 23.3 Å². The van der Waals surface area contributed by atoms with Gasteiger partial charge in [-0.1, -0.05) is 15.9 Å². The Kier molecular flexibility index (Phi) is 6.21. The summed E-state index contributed by atoms with van der Waals surface area (Å²) in [5.74, 6) is 0. The zero-order chi connectivity index (χ0) is 15.1. The van der Waals surface area contributed by atoms with Crippen molar-refractivity contribution in [1.82, 2.24) is 16.2 Å². The van der Waals surface area contributed by atoms with Crippen molar-refractivity contribution < 1.29 is 9.53 Å². The van der Waals surface area contributed by atoms with E-state index in [0.29, 0.717) is 17.3 Å². The van der Waals surface area contributed by atoms with E-state index in [9.17, 15) is 4.79 Å². The van der Waals surface area contributed by atoms with Gasteiger partial charge in [0.1, 0.15) is 0 Å². The molecule has 0 aromatic heterocycles. The van der Waals surface area contributed by atoms with E-state index in [1.165, 1.54) is 0 Å². The zero-order valence-corrected chi connectivity index (χ0v) is 13.7. The molecule has 8 heteroatoms. The number of hydrazine groups is 1. The molecular weight excluding hydrogens is 356 g/mol. The molecule has 0 saturated carbocycles. The Bertz CT molecular complexity index is 491. The number of ether oxygens (including phenoxy) is 1. The average Bonchev–Trinajstić information content (AvgIpc) is 2.99. The zero-order valence-electron chi connectivity index (χ0n) is 11.3. The highest BCUT2D eigenvalue weighted by atomic mass is 79.9. The second-order valence-electron chi connectivity index (χ2n) is 4.56. The number of halogens is 1. The third-order valence-corrected chi connectivity index (χ3v) is 3.68. The van der Waals surface area contributed by atoms with Gasteiger partial charge in [0.25, 0.3) is 0 Å². The maximum Gasteiger partial charge on any atom is 0.337 e. The summed E-state index contributed by atoms with van der Waals surface area (Å²) in [6, 6.07) is 6.88. The summed E-state index contributed by atoms with van der Waals surface area (Å²) in [4.78, 5) is 11.7. The number of carbonyl (C=O) groups is 1. The molecule has 1 fully saturated rings. The van der Waals surface area contributed by atoms with E-state index < -0.39 is 6.03 Å². The van der Waals surface area contributed by atoms with Gasteiger partial charge in [0.2, 0.25) is 0 Å². The fourth-order valence-electron chi connectivity index (χ4n) is 1.87. The molecule has 1 aromatic rings. The van der Waals surface area contributed by atoms with Crippen molar-refractivity contribution in [3.05, 3.63) is 28.7 Å². The number of rotatable bonds is 3. The highest BCUT2D eigenvalue weighted by Gasteiger charge is 2.15. The number of carbonyl (C=O) groups excluding carboxylic acids is 1. The van der Waals surface area contributed by atoms with Crippen molar-refractivity contribution in [2.45, 2.75) is 18.9 Å². The maximum atomic E-state index is 11.7. The van der Waals surface area contributed by atoms with Crippen LogP contribution in [0.15, 0.2) is 28.7 Å². The van der Waals surface area contributed by atoms with E-state index in [-0.39, 0.29) is 6.10 Å². The van der Waals surface area contributed by atoms with Crippen LogP contribution in [0.25, 0.3) is 0 Å². The van der Waals surface area contributed by atoms with Crippen molar-refractivity contribution in [1.29, 1.82) is 0 Å². The summed E-state index contributed by atoms with van der Waals surface area (Å²) in [6.45, 7) is 1.45. The second-order valence-corrected chi connectivity index (χ2v) is 5.88. The van der Waals surface area contributed by atoms with Crippen LogP contribution in [-0.2, 0) is 4.74 Å². The standard InChI is InChI=1S/C13H17BrN4O2S/c14-9-3-5-10(6-4-9)16-12(19)17-18-13(21)15-8-11-2-1-7-20-11/h3-6,11H,1-2,7-8H2,(H2,15,18,21)(H2,16,17,19)/t11-/m0/s1. The lowest BCUT2D eigenvalue weighted by atomic mass is 10.2. The number of anilines is 1. The molecule has 1 saturated heterocycles. The number of nitrogens with one attached hydrogen (secondary N) is 4. The molecule has 1 aliphatic heterocycles. The predicted molar refractivity (Wildman–Crippen MR) is 89.0 cm³/mol. The largest absolute Gasteiger partial charge is 0.376 e. The Morgan fingerprint density at radius 2 is 2.10 bits per heavy atom. The third-order valence-electron chi connectivity index (χ3n) is 2.91. The van der Waals surface area contributed by atoms with Crippen LogP contribution in [0.3, 0.4) is 0 Å². The van der Waals surface area contributed by atoms with Gasteiger partial charge in [0.15, 0.2) is 5.11 Å². The smallest absolute Gasteiger partial charge is 0.337 e. The lowest BCUT2D eigenvalue weighted by Crippen LogP contribution is -2.49. The van der Waals surface area contributed by atoms with E-state index in [4.69, 9.17) is 17.0 Å². The molecule has 21 heavy (non-hydrogen) atoms. The van der Waals surface area contributed by atoms with Gasteiger partial charge in [-0.05, 0) is 49.3 Å². The number of hydrogen-bond acceptors (Lipinski definition) is 3. The van der Waals surface area contributed by atoms with Crippen LogP contribution in [0, 0.1) is 0 Å². The first kappa shape index (κ1) is 16.0. The Hall–Kier alpha value is -1.38. The first-order valence-electron chi connectivity index (χ1n) is 6.61. The molecule has 1 atom stereocenters. The van der Waals surface area contributed by atoms with E-state index in [2.05, 4.69) is 37.4 Å². The molecule has 0 spiro atoms. The van der Waals surface area contributed by atoms with Crippen LogP contribution < -0.4 is 21.5 Å². The maximum absolute atomic E-state index is 11.7. The van der Waals surface area contributed by atoms with E-state index in [1.807, 2.05) is 12.1 Å². The minimum Gasteiger partial charge on any atom is -0.376 e. The second kappa shape index (κ2) is 8.16. The number of amides is 2. The molecule has 2 rings (SSSR count). The topological polar surface area (TPSA) is 74.4 Å². The lowest BCUT2D eigenvalue weighted by Gasteiger charge is -2.14.